The lowest BCUT2D eigenvalue weighted by molar-refractivity contribution is 0.443. The fraction of sp³-hybridized carbons (Fsp3) is 0.667. The SMILES string of the molecule is CNCC1CCCc2ocnc21. The Kier molecular flexibility index (Phi) is 2.13. The highest BCUT2D eigenvalue weighted by atomic mass is 16.3. The minimum Gasteiger partial charge on any atom is -0.448 e. The van der Waals surface area contributed by atoms with Crippen LogP contribution in [0.25, 0.3) is 0 Å². The molecule has 1 aromatic heterocycles. The van der Waals surface area contributed by atoms with Crippen LogP contribution in [-0.2, 0) is 6.42 Å². The van der Waals surface area contributed by atoms with Crippen LogP contribution in [-0.4, -0.2) is 18.6 Å². The molecular formula is C9H14N2O. The zero-order chi connectivity index (χ0) is 8.39. The number of hydrogen-bond acceptors (Lipinski definition) is 3. The molecule has 1 heterocycles. The second-order valence-electron chi connectivity index (χ2n) is 3.31. The molecule has 0 bridgehead atoms. The largest absolute Gasteiger partial charge is 0.448 e. The molecule has 0 aliphatic heterocycles. The van der Waals surface area contributed by atoms with Gasteiger partial charge in [-0.15, -0.1) is 0 Å². The van der Waals surface area contributed by atoms with Gasteiger partial charge in [0.05, 0.1) is 5.69 Å². The van der Waals surface area contributed by atoms with Gasteiger partial charge >= 0.3 is 0 Å². The quantitative estimate of drug-likeness (QED) is 0.720. The van der Waals surface area contributed by atoms with E-state index in [2.05, 4.69) is 10.3 Å². The molecule has 0 radical (unpaired) electrons. The predicted molar refractivity (Wildman–Crippen MR) is 46.1 cm³/mol. The van der Waals surface area contributed by atoms with Crippen molar-refractivity contribution in [1.82, 2.24) is 10.3 Å². The molecule has 3 heteroatoms. The lowest BCUT2D eigenvalue weighted by Crippen LogP contribution is -2.21. The third-order valence-corrected chi connectivity index (χ3v) is 2.47. The Morgan fingerprint density at radius 3 is 3.50 bits per heavy atom. The van der Waals surface area contributed by atoms with E-state index < -0.39 is 0 Å². The molecule has 1 atom stereocenters. The number of nitrogens with one attached hydrogen (secondary N) is 1. The van der Waals surface area contributed by atoms with Gasteiger partial charge in [-0.25, -0.2) is 4.98 Å². The molecule has 1 aromatic rings. The highest BCUT2D eigenvalue weighted by Crippen LogP contribution is 2.29. The summed E-state index contributed by atoms with van der Waals surface area (Å²) in [5.41, 5.74) is 1.18. The Balaban J connectivity index is 2.19. The first-order chi connectivity index (χ1) is 5.92. The van der Waals surface area contributed by atoms with Crippen LogP contribution in [0.2, 0.25) is 0 Å². The number of likely N-dealkylation sites (N-methyl/N-ethyl adjacent to an activating group) is 1. The van der Waals surface area contributed by atoms with Gasteiger partial charge in [0.1, 0.15) is 5.76 Å². The predicted octanol–water partition coefficient (Wildman–Crippen LogP) is 1.31. The normalized spacial score (nSPS) is 22.2. The molecule has 12 heavy (non-hydrogen) atoms. The average Bonchev–Trinajstić information content (AvgIpc) is 2.53. The molecule has 3 nitrogen and oxygen atoms in total. The van der Waals surface area contributed by atoms with Gasteiger partial charge in [-0.05, 0) is 19.9 Å². The first-order valence-electron chi connectivity index (χ1n) is 4.48. The van der Waals surface area contributed by atoms with Crippen molar-refractivity contribution in [3.05, 3.63) is 17.8 Å². The summed E-state index contributed by atoms with van der Waals surface area (Å²) in [6.45, 7) is 1.01. The number of rotatable bonds is 2. The number of oxazole rings is 1. The van der Waals surface area contributed by atoms with E-state index in [-0.39, 0.29) is 0 Å². The van der Waals surface area contributed by atoms with Crippen molar-refractivity contribution in [3.63, 3.8) is 0 Å². The molecule has 0 fully saturated rings. The zero-order valence-corrected chi connectivity index (χ0v) is 7.34. The Labute approximate surface area is 72.2 Å². The van der Waals surface area contributed by atoms with E-state index >= 15 is 0 Å². The molecule has 2 rings (SSSR count). The van der Waals surface area contributed by atoms with E-state index in [0.29, 0.717) is 5.92 Å². The summed E-state index contributed by atoms with van der Waals surface area (Å²) in [6, 6.07) is 0. The lowest BCUT2D eigenvalue weighted by atomic mass is 9.90. The van der Waals surface area contributed by atoms with E-state index in [1.165, 1.54) is 18.5 Å². The number of hydrogen-bond donors (Lipinski definition) is 1. The third-order valence-electron chi connectivity index (χ3n) is 2.47. The van der Waals surface area contributed by atoms with E-state index in [9.17, 15) is 0 Å². The Morgan fingerprint density at radius 2 is 2.67 bits per heavy atom. The van der Waals surface area contributed by atoms with Gasteiger partial charge in [-0.3, -0.25) is 0 Å². The van der Waals surface area contributed by atoms with Gasteiger partial charge in [0.15, 0.2) is 6.39 Å². The topological polar surface area (TPSA) is 38.1 Å². The summed E-state index contributed by atoms with van der Waals surface area (Å²) in [4.78, 5) is 4.25. The van der Waals surface area contributed by atoms with Gasteiger partial charge in [0, 0.05) is 18.9 Å². The summed E-state index contributed by atoms with van der Waals surface area (Å²) in [7, 11) is 1.98. The molecule has 1 aliphatic carbocycles. The lowest BCUT2D eigenvalue weighted by Gasteiger charge is -2.19. The highest BCUT2D eigenvalue weighted by molar-refractivity contribution is 5.16. The Morgan fingerprint density at radius 1 is 1.75 bits per heavy atom. The van der Waals surface area contributed by atoms with E-state index in [1.807, 2.05) is 7.05 Å². The third kappa shape index (κ3) is 1.25. The van der Waals surface area contributed by atoms with Gasteiger partial charge in [-0.2, -0.15) is 0 Å². The molecule has 1 N–H and O–H groups in total. The minimum absolute atomic E-state index is 0.567. The molecule has 1 aliphatic rings. The van der Waals surface area contributed by atoms with Crippen LogP contribution in [0.1, 0.15) is 30.2 Å². The van der Waals surface area contributed by atoms with Crippen molar-refractivity contribution < 1.29 is 4.42 Å². The van der Waals surface area contributed by atoms with Crippen LogP contribution < -0.4 is 5.32 Å². The van der Waals surface area contributed by atoms with Gasteiger partial charge in [0.25, 0.3) is 0 Å². The second-order valence-corrected chi connectivity index (χ2v) is 3.31. The summed E-state index contributed by atoms with van der Waals surface area (Å²) in [5.74, 6) is 1.67. The van der Waals surface area contributed by atoms with E-state index in [1.54, 1.807) is 6.39 Å². The van der Waals surface area contributed by atoms with Crippen molar-refractivity contribution in [2.45, 2.75) is 25.2 Å². The number of nitrogens with zero attached hydrogens (tertiary/aromatic N) is 1. The number of aromatic nitrogens is 1. The van der Waals surface area contributed by atoms with Gasteiger partial charge in [-0.1, -0.05) is 0 Å². The van der Waals surface area contributed by atoms with Gasteiger partial charge < -0.3 is 9.73 Å². The number of aryl methyl sites for hydroxylation is 1. The molecule has 1 unspecified atom stereocenters. The molecule has 0 aromatic carbocycles. The fourth-order valence-electron chi connectivity index (χ4n) is 1.89. The first-order valence-corrected chi connectivity index (χ1v) is 4.48. The maximum absolute atomic E-state index is 5.29. The van der Waals surface area contributed by atoms with Crippen molar-refractivity contribution >= 4 is 0 Å². The standard InChI is InChI=1S/C9H14N2O/c1-10-5-7-3-2-4-8-9(7)11-6-12-8/h6-7,10H,2-5H2,1H3. The average molecular weight is 166 g/mol. The monoisotopic (exact) mass is 166 g/mol. The van der Waals surface area contributed by atoms with Crippen LogP contribution in [0, 0.1) is 0 Å². The van der Waals surface area contributed by atoms with Crippen molar-refractivity contribution in [3.8, 4) is 0 Å². The number of fused-ring (bicyclic) bond motifs is 1. The zero-order valence-electron chi connectivity index (χ0n) is 7.34. The van der Waals surface area contributed by atoms with Crippen molar-refractivity contribution in [2.24, 2.45) is 0 Å². The van der Waals surface area contributed by atoms with E-state index in [4.69, 9.17) is 4.42 Å². The van der Waals surface area contributed by atoms with Crippen molar-refractivity contribution in [1.29, 1.82) is 0 Å². The highest BCUT2D eigenvalue weighted by Gasteiger charge is 2.23. The van der Waals surface area contributed by atoms with Crippen LogP contribution in [0.5, 0.6) is 0 Å². The van der Waals surface area contributed by atoms with Crippen molar-refractivity contribution in [2.75, 3.05) is 13.6 Å². The summed E-state index contributed by atoms with van der Waals surface area (Å²) in [6.07, 6.45) is 5.10. The molecule has 0 amide bonds. The van der Waals surface area contributed by atoms with E-state index in [0.717, 1.165) is 18.7 Å². The summed E-state index contributed by atoms with van der Waals surface area (Å²) >= 11 is 0. The smallest absolute Gasteiger partial charge is 0.181 e. The maximum Gasteiger partial charge on any atom is 0.181 e. The molecule has 0 saturated heterocycles. The van der Waals surface area contributed by atoms with Crippen LogP contribution in [0.3, 0.4) is 0 Å². The fourth-order valence-corrected chi connectivity index (χ4v) is 1.89. The summed E-state index contributed by atoms with van der Waals surface area (Å²) in [5, 5.41) is 3.19. The summed E-state index contributed by atoms with van der Waals surface area (Å²) < 4.78 is 5.29. The minimum atomic E-state index is 0.567. The van der Waals surface area contributed by atoms with Crippen LogP contribution in [0.15, 0.2) is 10.8 Å². The second kappa shape index (κ2) is 3.27. The van der Waals surface area contributed by atoms with Crippen LogP contribution in [0.4, 0.5) is 0 Å². The first kappa shape index (κ1) is 7.80. The molecule has 66 valence electrons. The van der Waals surface area contributed by atoms with Crippen LogP contribution >= 0.6 is 0 Å². The molecule has 0 spiro atoms. The Hall–Kier alpha value is -0.830. The molecular weight excluding hydrogens is 152 g/mol. The molecule has 0 saturated carbocycles. The van der Waals surface area contributed by atoms with Gasteiger partial charge in [0.2, 0.25) is 0 Å². The maximum atomic E-state index is 5.29. The Bertz CT molecular complexity index is 257.